The summed E-state index contributed by atoms with van der Waals surface area (Å²) in [5.41, 5.74) is 0.593. The first-order valence-electron chi connectivity index (χ1n) is 4.18. The van der Waals surface area contributed by atoms with E-state index in [1.807, 2.05) is 12.1 Å². The second kappa shape index (κ2) is 4.87. The van der Waals surface area contributed by atoms with E-state index in [4.69, 9.17) is 10.4 Å². The minimum Gasteiger partial charge on any atom is -0.465 e. The van der Waals surface area contributed by atoms with Crippen molar-refractivity contribution in [2.45, 2.75) is 6.42 Å². The van der Waals surface area contributed by atoms with E-state index in [2.05, 4.69) is 0 Å². The number of benzene rings is 1. The molecule has 0 aliphatic carbocycles. The monoisotopic (exact) mass is 190 g/mol. The molecule has 4 heteroatoms. The van der Waals surface area contributed by atoms with Crippen molar-refractivity contribution in [1.29, 1.82) is 5.26 Å². The molecule has 14 heavy (non-hydrogen) atoms. The first-order chi connectivity index (χ1) is 6.75. The van der Waals surface area contributed by atoms with Crippen LogP contribution < -0.4 is 4.90 Å². The number of carbonyl (C=O) groups is 1. The zero-order chi connectivity index (χ0) is 10.4. The number of amides is 1. The number of carboxylic acid groups (broad SMARTS) is 1. The fourth-order valence-corrected chi connectivity index (χ4v) is 1.10. The fourth-order valence-electron chi connectivity index (χ4n) is 1.10. The molecule has 0 atom stereocenters. The molecule has 0 spiro atoms. The minimum atomic E-state index is -1.04. The number of nitriles is 1. The molecule has 1 aromatic rings. The molecule has 4 nitrogen and oxygen atoms in total. The highest BCUT2D eigenvalue weighted by Crippen LogP contribution is 2.13. The van der Waals surface area contributed by atoms with Gasteiger partial charge in [-0.25, -0.2) is 4.79 Å². The summed E-state index contributed by atoms with van der Waals surface area (Å²) >= 11 is 0. The molecule has 1 rings (SSSR count). The van der Waals surface area contributed by atoms with Crippen LogP contribution in [-0.4, -0.2) is 17.7 Å². The van der Waals surface area contributed by atoms with Crippen LogP contribution in [0.3, 0.4) is 0 Å². The lowest BCUT2D eigenvalue weighted by Gasteiger charge is -2.17. The molecule has 0 saturated heterocycles. The Morgan fingerprint density at radius 2 is 2.07 bits per heavy atom. The quantitative estimate of drug-likeness (QED) is 0.793. The molecule has 0 aliphatic heterocycles. The van der Waals surface area contributed by atoms with Crippen molar-refractivity contribution in [3.05, 3.63) is 30.3 Å². The van der Waals surface area contributed by atoms with Gasteiger partial charge in [-0.3, -0.25) is 4.90 Å². The summed E-state index contributed by atoms with van der Waals surface area (Å²) < 4.78 is 0. The van der Waals surface area contributed by atoms with Crippen LogP contribution in [-0.2, 0) is 0 Å². The molecule has 1 N–H and O–H groups in total. The van der Waals surface area contributed by atoms with Gasteiger partial charge in [-0.15, -0.1) is 0 Å². The van der Waals surface area contributed by atoms with Crippen molar-refractivity contribution in [1.82, 2.24) is 0 Å². The van der Waals surface area contributed by atoms with Gasteiger partial charge in [0.1, 0.15) is 0 Å². The van der Waals surface area contributed by atoms with E-state index in [1.165, 1.54) is 0 Å². The van der Waals surface area contributed by atoms with Crippen LogP contribution in [0.2, 0.25) is 0 Å². The molecule has 0 saturated carbocycles. The molecule has 1 amide bonds. The van der Waals surface area contributed by atoms with Gasteiger partial charge in [0.2, 0.25) is 0 Å². The van der Waals surface area contributed by atoms with Crippen molar-refractivity contribution in [3.8, 4) is 6.07 Å². The predicted octanol–water partition coefficient (Wildman–Crippen LogP) is 2.08. The van der Waals surface area contributed by atoms with Crippen molar-refractivity contribution in [2.24, 2.45) is 0 Å². The van der Waals surface area contributed by atoms with Crippen molar-refractivity contribution in [2.75, 3.05) is 11.4 Å². The summed E-state index contributed by atoms with van der Waals surface area (Å²) in [6.07, 6.45) is -0.840. The Morgan fingerprint density at radius 1 is 1.43 bits per heavy atom. The van der Waals surface area contributed by atoms with E-state index in [9.17, 15) is 4.79 Å². The highest BCUT2D eigenvalue weighted by atomic mass is 16.4. The molecule has 0 fully saturated rings. The SMILES string of the molecule is N#CCCN(C(=O)O)c1ccccc1. The first kappa shape index (κ1) is 10.1. The molecule has 1 aromatic carbocycles. The molecular formula is C10H10N2O2. The van der Waals surface area contributed by atoms with Gasteiger partial charge in [0.05, 0.1) is 12.5 Å². The maximum Gasteiger partial charge on any atom is 0.411 e. The van der Waals surface area contributed by atoms with E-state index in [1.54, 1.807) is 24.3 Å². The van der Waals surface area contributed by atoms with E-state index in [-0.39, 0.29) is 13.0 Å². The zero-order valence-corrected chi connectivity index (χ0v) is 7.55. The molecule has 0 aromatic heterocycles. The lowest BCUT2D eigenvalue weighted by molar-refractivity contribution is 0.202. The molecule has 0 unspecified atom stereocenters. The lowest BCUT2D eigenvalue weighted by atomic mass is 10.3. The number of hydrogen-bond donors (Lipinski definition) is 1. The maximum absolute atomic E-state index is 10.8. The van der Waals surface area contributed by atoms with Crippen molar-refractivity contribution in [3.63, 3.8) is 0 Å². The van der Waals surface area contributed by atoms with Crippen LogP contribution in [0.1, 0.15) is 6.42 Å². The second-order valence-corrected chi connectivity index (χ2v) is 2.68. The lowest BCUT2D eigenvalue weighted by Crippen LogP contribution is -2.29. The number of para-hydroxylation sites is 1. The van der Waals surface area contributed by atoms with Crippen LogP contribution in [0.25, 0.3) is 0 Å². The number of hydrogen-bond acceptors (Lipinski definition) is 2. The Labute approximate surface area is 82.0 Å². The van der Waals surface area contributed by atoms with Crippen molar-refractivity contribution < 1.29 is 9.90 Å². The van der Waals surface area contributed by atoms with Gasteiger partial charge >= 0.3 is 6.09 Å². The van der Waals surface area contributed by atoms with Crippen LogP contribution in [0.15, 0.2) is 30.3 Å². The van der Waals surface area contributed by atoms with Gasteiger partial charge < -0.3 is 5.11 Å². The Kier molecular flexibility index (Phi) is 3.50. The van der Waals surface area contributed by atoms with Gasteiger partial charge in [0.25, 0.3) is 0 Å². The Hall–Kier alpha value is -2.02. The third-order valence-corrected chi connectivity index (χ3v) is 1.75. The average molecular weight is 190 g/mol. The fraction of sp³-hybridized carbons (Fsp3) is 0.200. The van der Waals surface area contributed by atoms with E-state index in [0.29, 0.717) is 5.69 Å². The Balaban J connectivity index is 2.79. The highest BCUT2D eigenvalue weighted by Gasteiger charge is 2.12. The molecule has 0 aliphatic rings. The van der Waals surface area contributed by atoms with Gasteiger partial charge in [-0.2, -0.15) is 5.26 Å². The van der Waals surface area contributed by atoms with E-state index < -0.39 is 6.09 Å². The van der Waals surface area contributed by atoms with Crippen LogP contribution in [0, 0.1) is 11.3 Å². The third kappa shape index (κ3) is 2.49. The smallest absolute Gasteiger partial charge is 0.411 e. The predicted molar refractivity (Wildman–Crippen MR) is 52.0 cm³/mol. The Morgan fingerprint density at radius 3 is 2.57 bits per heavy atom. The normalized spacial score (nSPS) is 9.07. The van der Waals surface area contributed by atoms with Crippen molar-refractivity contribution >= 4 is 11.8 Å². The summed E-state index contributed by atoms with van der Waals surface area (Å²) in [4.78, 5) is 12.0. The summed E-state index contributed by atoms with van der Waals surface area (Å²) in [5, 5.41) is 17.2. The highest BCUT2D eigenvalue weighted by molar-refractivity contribution is 5.85. The summed E-state index contributed by atoms with van der Waals surface area (Å²) in [5.74, 6) is 0. The van der Waals surface area contributed by atoms with Crippen LogP contribution in [0.4, 0.5) is 10.5 Å². The largest absolute Gasteiger partial charge is 0.465 e. The van der Waals surface area contributed by atoms with Gasteiger partial charge in [0.15, 0.2) is 0 Å². The van der Waals surface area contributed by atoms with Gasteiger partial charge in [-0.05, 0) is 12.1 Å². The summed E-state index contributed by atoms with van der Waals surface area (Å²) in [6, 6.07) is 10.7. The average Bonchev–Trinajstić information content (AvgIpc) is 2.19. The van der Waals surface area contributed by atoms with Crippen LogP contribution in [0.5, 0.6) is 0 Å². The Bertz CT molecular complexity index is 343. The zero-order valence-electron chi connectivity index (χ0n) is 7.55. The molecule has 0 bridgehead atoms. The maximum atomic E-state index is 10.8. The summed E-state index contributed by atoms with van der Waals surface area (Å²) in [6.45, 7) is 0.204. The molecule has 0 heterocycles. The molecular weight excluding hydrogens is 180 g/mol. The first-order valence-corrected chi connectivity index (χ1v) is 4.18. The number of anilines is 1. The van der Waals surface area contributed by atoms with E-state index >= 15 is 0 Å². The molecule has 0 radical (unpaired) electrons. The van der Waals surface area contributed by atoms with Gasteiger partial charge in [-0.1, -0.05) is 18.2 Å². The minimum absolute atomic E-state index is 0.196. The number of rotatable bonds is 3. The van der Waals surface area contributed by atoms with Gasteiger partial charge in [0, 0.05) is 12.2 Å². The number of nitrogens with zero attached hydrogens (tertiary/aromatic N) is 2. The second-order valence-electron chi connectivity index (χ2n) is 2.68. The van der Waals surface area contributed by atoms with Crippen LogP contribution >= 0.6 is 0 Å². The molecule has 72 valence electrons. The standard InChI is InChI=1S/C10H10N2O2/c11-7-4-8-12(10(13)14)9-5-2-1-3-6-9/h1-3,5-6H,4,8H2,(H,13,14). The summed E-state index contributed by atoms with van der Waals surface area (Å²) in [7, 11) is 0. The topological polar surface area (TPSA) is 64.3 Å². The third-order valence-electron chi connectivity index (χ3n) is 1.75. The van der Waals surface area contributed by atoms with E-state index in [0.717, 1.165) is 4.90 Å².